The molecule has 2 aromatic rings. The number of fused-ring (bicyclic) bond motifs is 1. The number of piperazine rings is 1. The number of hydroxylamine groups is 1. The van der Waals surface area contributed by atoms with E-state index in [0.29, 0.717) is 29.1 Å². The molecule has 2 amide bonds. The Balaban J connectivity index is 0.000000352. The number of hydrogen-bond acceptors (Lipinski definition) is 6. The van der Waals surface area contributed by atoms with Gasteiger partial charge in [-0.3, -0.25) is 19.8 Å². The molecular formula is C21H23F2N5O3S. The molecule has 170 valence electrons. The van der Waals surface area contributed by atoms with E-state index in [1.54, 1.807) is 28.5 Å². The van der Waals surface area contributed by atoms with Crippen molar-refractivity contribution in [2.75, 3.05) is 19.6 Å². The third kappa shape index (κ3) is 6.25. The molecule has 0 bridgehead atoms. The number of rotatable bonds is 4. The van der Waals surface area contributed by atoms with Gasteiger partial charge in [0.15, 0.2) is 0 Å². The largest absolute Gasteiger partial charge is 0.354 e. The molecule has 0 atom stereocenters. The number of hydrogen-bond donors (Lipinski definition) is 5. The Kier molecular flexibility index (Phi) is 8.14. The zero-order valence-corrected chi connectivity index (χ0v) is 18.0. The molecule has 2 aliphatic heterocycles. The van der Waals surface area contributed by atoms with E-state index in [0.717, 1.165) is 30.4 Å². The van der Waals surface area contributed by atoms with Crippen molar-refractivity contribution in [1.82, 2.24) is 20.7 Å². The first-order valence-corrected chi connectivity index (χ1v) is 10.3. The fourth-order valence-electron chi connectivity index (χ4n) is 3.22. The summed E-state index contributed by atoms with van der Waals surface area (Å²) in [7, 11) is 0. The van der Waals surface area contributed by atoms with Gasteiger partial charge < -0.3 is 15.2 Å². The van der Waals surface area contributed by atoms with Crippen molar-refractivity contribution < 1.29 is 23.6 Å². The van der Waals surface area contributed by atoms with Gasteiger partial charge in [0.25, 0.3) is 0 Å². The van der Waals surface area contributed by atoms with E-state index in [-0.39, 0.29) is 18.9 Å². The Labute approximate surface area is 188 Å². The molecule has 0 spiro atoms. The maximum Gasteiger partial charge on any atom is 0.249 e. The Morgan fingerprint density at radius 2 is 2.12 bits per heavy atom. The number of nitrogens with zero attached hydrogens (tertiary/aromatic N) is 2. The summed E-state index contributed by atoms with van der Waals surface area (Å²) in [5.41, 5.74) is 4.06. The van der Waals surface area contributed by atoms with Crippen LogP contribution >= 0.6 is 12.6 Å². The zero-order chi connectivity index (χ0) is 23.1. The topological polar surface area (TPSA) is 108 Å². The van der Waals surface area contributed by atoms with Crippen LogP contribution in [0.1, 0.15) is 23.2 Å². The van der Waals surface area contributed by atoms with Crippen LogP contribution in [0.25, 0.3) is 0 Å². The number of amides is 2. The SMILES string of the molecule is O=C(CC1=CCc2c(S)cn(Cc3ccc(F)cc3F)c2C=N1)NO.O=C1CNCCN1. The number of benzene rings is 1. The smallest absolute Gasteiger partial charge is 0.249 e. The highest BCUT2D eigenvalue weighted by Gasteiger charge is 2.16. The third-order valence-corrected chi connectivity index (χ3v) is 5.22. The number of aliphatic imine (C=N–C) groups is 1. The van der Waals surface area contributed by atoms with Crippen LogP contribution in [-0.4, -0.2) is 47.4 Å². The number of allylic oxidation sites excluding steroid dienone is 1. The Morgan fingerprint density at radius 3 is 2.75 bits per heavy atom. The van der Waals surface area contributed by atoms with Gasteiger partial charge in [-0.15, -0.1) is 12.6 Å². The quantitative estimate of drug-likeness (QED) is 0.270. The molecule has 1 saturated heterocycles. The Hall–Kier alpha value is -3.02. The first-order valence-electron chi connectivity index (χ1n) is 9.85. The van der Waals surface area contributed by atoms with E-state index >= 15 is 0 Å². The van der Waals surface area contributed by atoms with Crippen LogP contribution in [-0.2, 0) is 22.6 Å². The van der Waals surface area contributed by atoms with Gasteiger partial charge in [0, 0.05) is 41.5 Å². The summed E-state index contributed by atoms with van der Waals surface area (Å²) in [6, 6.07) is 3.46. The van der Waals surface area contributed by atoms with E-state index in [1.807, 2.05) is 0 Å². The summed E-state index contributed by atoms with van der Waals surface area (Å²) in [5.74, 6) is -1.70. The van der Waals surface area contributed by atoms with E-state index in [1.165, 1.54) is 12.1 Å². The zero-order valence-electron chi connectivity index (χ0n) is 17.1. The van der Waals surface area contributed by atoms with Crippen LogP contribution in [0.5, 0.6) is 0 Å². The summed E-state index contributed by atoms with van der Waals surface area (Å²) in [6.45, 7) is 2.37. The van der Waals surface area contributed by atoms with E-state index < -0.39 is 17.5 Å². The van der Waals surface area contributed by atoms with Crippen molar-refractivity contribution >= 4 is 30.7 Å². The van der Waals surface area contributed by atoms with Gasteiger partial charge in [0.1, 0.15) is 11.6 Å². The molecular weight excluding hydrogens is 440 g/mol. The molecule has 1 fully saturated rings. The van der Waals surface area contributed by atoms with Crippen LogP contribution in [0.2, 0.25) is 0 Å². The number of halogens is 2. The molecule has 11 heteroatoms. The van der Waals surface area contributed by atoms with Gasteiger partial charge in [-0.1, -0.05) is 12.1 Å². The molecule has 4 N–H and O–H groups in total. The number of aromatic nitrogens is 1. The van der Waals surface area contributed by atoms with Crippen LogP contribution in [0.3, 0.4) is 0 Å². The average Bonchev–Trinajstić information content (AvgIpc) is 2.92. The highest BCUT2D eigenvalue weighted by molar-refractivity contribution is 7.80. The van der Waals surface area contributed by atoms with Gasteiger partial charge >= 0.3 is 0 Å². The molecule has 1 aromatic carbocycles. The number of carbonyl (C=O) groups is 2. The van der Waals surface area contributed by atoms with Crippen LogP contribution in [0, 0.1) is 11.6 Å². The predicted octanol–water partition coefficient (Wildman–Crippen LogP) is 1.56. The lowest BCUT2D eigenvalue weighted by Crippen LogP contribution is -2.44. The summed E-state index contributed by atoms with van der Waals surface area (Å²) < 4.78 is 28.7. The standard InChI is InChI=1S/C17H15F2N3O2S.C4H8N2O/c18-11-2-1-10(14(19)5-11)8-22-9-16(25)13-4-3-12(6-17(23)21-24)20-7-15(13)22;7-4-3-5-1-2-6-4/h1-3,5,7,9,24-25H,4,6,8H2,(H,21,23);5H,1-3H2,(H,6,7). The normalized spacial score (nSPS) is 15.0. The van der Waals surface area contributed by atoms with Crippen molar-refractivity contribution in [1.29, 1.82) is 0 Å². The molecule has 8 nitrogen and oxygen atoms in total. The summed E-state index contributed by atoms with van der Waals surface area (Å²) in [5, 5.41) is 14.2. The third-order valence-electron chi connectivity index (χ3n) is 4.83. The number of nitrogens with one attached hydrogen (secondary N) is 3. The highest BCUT2D eigenvalue weighted by Crippen LogP contribution is 2.26. The lowest BCUT2D eigenvalue weighted by molar-refractivity contribution is -0.128. The maximum absolute atomic E-state index is 13.9. The van der Waals surface area contributed by atoms with Crippen molar-refractivity contribution in [3.63, 3.8) is 0 Å². The van der Waals surface area contributed by atoms with Crippen molar-refractivity contribution in [2.45, 2.75) is 24.3 Å². The second-order valence-electron chi connectivity index (χ2n) is 7.14. The van der Waals surface area contributed by atoms with Crippen molar-refractivity contribution in [3.05, 3.63) is 64.6 Å². The lowest BCUT2D eigenvalue weighted by atomic mass is 10.1. The molecule has 32 heavy (non-hydrogen) atoms. The fourth-order valence-corrected chi connectivity index (χ4v) is 3.56. The molecule has 0 saturated carbocycles. The van der Waals surface area contributed by atoms with Crippen LogP contribution in [0.15, 0.2) is 46.1 Å². The molecule has 1 aromatic heterocycles. The first-order chi connectivity index (χ1) is 15.4. The first kappa shape index (κ1) is 23.6. The van der Waals surface area contributed by atoms with E-state index in [2.05, 4.69) is 28.3 Å². The average molecular weight is 464 g/mol. The molecule has 4 rings (SSSR count). The van der Waals surface area contributed by atoms with Gasteiger partial charge in [0.05, 0.1) is 31.4 Å². The van der Waals surface area contributed by atoms with Gasteiger partial charge in [0.2, 0.25) is 11.8 Å². The van der Waals surface area contributed by atoms with Gasteiger partial charge in [-0.05, 0) is 18.1 Å². The summed E-state index contributed by atoms with van der Waals surface area (Å²) >= 11 is 4.45. The highest BCUT2D eigenvalue weighted by atomic mass is 32.1. The number of thiol groups is 1. The minimum Gasteiger partial charge on any atom is -0.354 e. The minimum absolute atomic E-state index is 0.0498. The Morgan fingerprint density at radius 1 is 1.31 bits per heavy atom. The van der Waals surface area contributed by atoms with Crippen LogP contribution in [0.4, 0.5) is 8.78 Å². The molecule has 0 aliphatic carbocycles. The second-order valence-corrected chi connectivity index (χ2v) is 7.62. The van der Waals surface area contributed by atoms with Crippen molar-refractivity contribution in [3.8, 4) is 0 Å². The summed E-state index contributed by atoms with van der Waals surface area (Å²) in [4.78, 5) is 26.5. The molecule has 3 heterocycles. The predicted molar refractivity (Wildman–Crippen MR) is 117 cm³/mol. The van der Waals surface area contributed by atoms with Gasteiger partial charge in [-0.25, -0.2) is 14.3 Å². The Bertz CT molecular complexity index is 1060. The maximum atomic E-state index is 13.9. The molecule has 0 unspecified atom stereocenters. The number of carbonyl (C=O) groups excluding carboxylic acids is 2. The summed E-state index contributed by atoms with van der Waals surface area (Å²) in [6.07, 6.45) is 5.58. The van der Waals surface area contributed by atoms with Gasteiger partial charge in [-0.2, -0.15) is 0 Å². The van der Waals surface area contributed by atoms with E-state index in [9.17, 15) is 18.4 Å². The molecule has 0 radical (unpaired) electrons. The monoisotopic (exact) mass is 463 g/mol. The van der Waals surface area contributed by atoms with E-state index in [4.69, 9.17) is 5.21 Å². The van der Waals surface area contributed by atoms with Crippen molar-refractivity contribution in [2.24, 2.45) is 4.99 Å². The minimum atomic E-state index is -0.625. The molecule has 2 aliphatic rings. The van der Waals surface area contributed by atoms with Crippen LogP contribution < -0.4 is 16.1 Å². The second kappa shape index (κ2) is 11.0. The fraction of sp³-hybridized carbons (Fsp3) is 0.286. The lowest BCUT2D eigenvalue weighted by Gasteiger charge is -2.11.